The highest BCUT2D eigenvalue weighted by Gasteiger charge is 2.77. The van der Waals surface area contributed by atoms with Crippen LogP contribution in [0, 0.1) is 22.1 Å². The van der Waals surface area contributed by atoms with E-state index in [-0.39, 0.29) is 33.8 Å². The van der Waals surface area contributed by atoms with E-state index in [0.29, 0.717) is 27.7 Å². The molecule has 30 heavy (non-hydrogen) atoms. The Hall–Kier alpha value is -1.91. The highest BCUT2D eigenvalue weighted by molar-refractivity contribution is 6.42. The lowest BCUT2D eigenvalue weighted by molar-refractivity contribution is -0.278. The van der Waals surface area contributed by atoms with E-state index in [1.807, 2.05) is 0 Å². The van der Waals surface area contributed by atoms with E-state index in [4.69, 9.17) is 23.2 Å². The molecule has 4 fully saturated rings. The van der Waals surface area contributed by atoms with E-state index < -0.39 is 0 Å². The van der Waals surface area contributed by atoms with E-state index in [1.165, 1.54) is 12.1 Å². The van der Waals surface area contributed by atoms with Crippen LogP contribution in [0.1, 0.15) is 55.3 Å². The average molecular weight is 446 g/mol. The van der Waals surface area contributed by atoms with Crippen molar-refractivity contribution in [1.82, 2.24) is 0 Å². The zero-order valence-electron chi connectivity index (χ0n) is 16.4. The van der Waals surface area contributed by atoms with Crippen LogP contribution in [0.4, 0.5) is 10.1 Å². The summed E-state index contributed by atoms with van der Waals surface area (Å²) in [6, 6.07) is 10.9. The molecule has 2 aromatic rings. The third-order valence-electron chi connectivity index (χ3n) is 7.68. The Morgan fingerprint density at radius 3 is 2.20 bits per heavy atom. The lowest BCUT2D eigenvalue weighted by atomic mass is 9.25. The zero-order valence-corrected chi connectivity index (χ0v) is 18.0. The highest BCUT2D eigenvalue weighted by Crippen LogP contribution is 2.83. The molecule has 0 unspecified atom stereocenters. The number of carbonyl (C=O) groups excluding carboxylic acids is 2. The lowest BCUT2D eigenvalue weighted by Gasteiger charge is -2.78. The van der Waals surface area contributed by atoms with Crippen molar-refractivity contribution >= 4 is 40.6 Å². The molecule has 2 bridgehead atoms. The van der Waals surface area contributed by atoms with Crippen molar-refractivity contribution < 1.29 is 14.0 Å². The molecule has 1 N–H and O–H groups in total. The van der Waals surface area contributed by atoms with Gasteiger partial charge in [-0.2, -0.15) is 0 Å². The number of halogens is 3. The Morgan fingerprint density at radius 2 is 1.63 bits per heavy atom. The molecule has 4 aliphatic carbocycles. The fourth-order valence-corrected chi connectivity index (χ4v) is 6.42. The van der Waals surface area contributed by atoms with Gasteiger partial charge in [0.15, 0.2) is 5.78 Å². The van der Waals surface area contributed by atoms with Crippen LogP contribution in [0.15, 0.2) is 42.5 Å². The number of hydrogen-bond donors (Lipinski definition) is 1. The molecule has 156 valence electrons. The van der Waals surface area contributed by atoms with Crippen LogP contribution in [0.2, 0.25) is 10.0 Å². The molecule has 0 aliphatic heterocycles. The summed E-state index contributed by atoms with van der Waals surface area (Å²) in [7, 11) is 0. The Kier molecular flexibility index (Phi) is 4.53. The Labute approximate surface area is 184 Å². The van der Waals surface area contributed by atoms with E-state index in [9.17, 15) is 14.0 Å². The molecular weight excluding hydrogens is 424 g/mol. The summed E-state index contributed by atoms with van der Waals surface area (Å²) in [4.78, 5) is 26.0. The molecular formula is C24H22Cl2FNO2. The first-order chi connectivity index (χ1) is 14.3. The van der Waals surface area contributed by atoms with E-state index >= 15 is 0 Å². The maximum atomic E-state index is 13.2. The van der Waals surface area contributed by atoms with Crippen LogP contribution in [-0.4, -0.2) is 11.7 Å². The van der Waals surface area contributed by atoms with Gasteiger partial charge in [-0.3, -0.25) is 9.59 Å². The number of amides is 1. The molecule has 3 nitrogen and oxygen atoms in total. The van der Waals surface area contributed by atoms with Crippen molar-refractivity contribution in [2.75, 3.05) is 5.32 Å². The van der Waals surface area contributed by atoms with E-state index in [2.05, 4.69) is 5.32 Å². The summed E-state index contributed by atoms with van der Waals surface area (Å²) >= 11 is 12.0. The second kappa shape index (κ2) is 6.80. The van der Waals surface area contributed by atoms with Crippen LogP contribution in [0.25, 0.3) is 0 Å². The normalized spacial score (nSPS) is 28.0. The van der Waals surface area contributed by atoms with Crippen molar-refractivity contribution in [3.8, 4) is 0 Å². The van der Waals surface area contributed by atoms with E-state index in [1.54, 1.807) is 30.3 Å². The van der Waals surface area contributed by atoms with Crippen LogP contribution >= 0.6 is 23.2 Å². The SMILES string of the molecule is O=C(CC12CC(C3(C(=O)Nc4ccc(F)cc4)CCC3)(C1)C2)c1ccc(Cl)c(Cl)c1. The van der Waals surface area contributed by atoms with Gasteiger partial charge in [0.25, 0.3) is 0 Å². The number of nitrogens with one attached hydrogen (secondary N) is 1. The minimum Gasteiger partial charge on any atom is -0.326 e. The van der Waals surface area contributed by atoms with Gasteiger partial charge in [0.2, 0.25) is 5.91 Å². The molecule has 4 saturated carbocycles. The van der Waals surface area contributed by atoms with Crippen LogP contribution < -0.4 is 5.32 Å². The molecule has 4 aliphatic rings. The highest BCUT2D eigenvalue weighted by atomic mass is 35.5. The molecule has 1 amide bonds. The van der Waals surface area contributed by atoms with Crippen molar-refractivity contribution in [1.29, 1.82) is 0 Å². The fraction of sp³-hybridized carbons (Fsp3) is 0.417. The quantitative estimate of drug-likeness (QED) is 0.503. The van der Waals surface area contributed by atoms with Gasteiger partial charge < -0.3 is 5.32 Å². The number of benzene rings is 2. The Balaban J connectivity index is 1.25. The average Bonchev–Trinajstić information content (AvgIpc) is 2.61. The first-order valence-corrected chi connectivity index (χ1v) is 11.1. The number of rotatable bonds is 6. The molecule has 0 saturated heterocycles. The topological polar surface area (TPSA) is 46.2 Å². The molecule has 0 spiro atoms. The van der Waals surface area contributed by atoms with Gasteiger partial charge in [-0.1, -0.05) is 29.6 Å². The number of carbonyl (C=O) groups is 2. The van der Waals surface area contributed by atoms with Crippen molar-refractivity contribution in [3.05, 3.63) is 63.9 Å². The minimum absolute atomic E-state index is 0.00723. The maximum Gasteiger partial charge on any atom is 0.231 e. The standard InChI is InChI=1S/C24H22Cl2FNO2/c25-18-7-2-15(10-19(18)26)20(29)11-22-12-23(13-22,14-22)24(8-1-9-24)21(30)28-17-5-3-16(27)4-6-17/h2-7,10H,1,8-9,11-14H2,(H,28,30). The minimum atomic E-state index is -0.351. The number of Topliss-reactive ketones (excluding diaryl/α,β-unsaturated/α-hetero) is 1. The van der Waals surface area contributed by atoms with Crippen LogP contribution in [0.5, 0.6) is 0 Å². The molecule has 0 heterocycles. The number of ketones is 1. The molecule has 0 radical (unpaired) electrons. The summed E-state index contributed by atoms with van der Waals surface area (Å²) in [6.45, 7) is 0. The second-order valence-electron chi connectivity index (χ2n) is 9.44. The van der Waals surface area contributed by atoms with Crippen LogP contribution in [0.3, 0.4) is 0 Å². The van der Waals surface area contributed by atoms with Gasteiger partial charge in [-0.25, -0.2) is 4.39 Å². The van der Waals surface area contributed by atoms with Crippen LogP contribution in [-0.2, 0) is 4.79 Å². The summed E-state index contributed by atoms with van der Waals surface area (Å²) in [5.74, 6) is -0.191. The summed E-state index contributed by atoms with van der Waals surface area (Å²) < 4.78 is 13.2. The predicted octanol–water partition coefficient (Wildman–Crippen LogP) is 6.68. The monoisotopic (exact) mass is 445 g/mol. The van der Waals surface area contributed by atoms with Crippen molar-refractivity contribution in [2.24, 2.45) is 16.2 Å². The zero-order chi connectivity index (χ0) is 21.1. The smallest absolute Gasteiger partial charge is 0.231 e. The van der Waals surface area contributed by atoms with Crippen molar-refractivity contribution in [3.63, 3.8) is 0 Å². The summed E-state index contributed by atoms with van der Waals surface area (Å²) in [5.41, 5.74) is 0.893. The third-order valence-corrected chi connectivity index (χ3v) is 8.42. The van der Waals surface area contributed by atoms with Gasteiger partial charge in [0.1, 0.15) is 5.82 Å². The fourth-order valence-electron chi connectivity index (χ4n) is 6.12. The predicted molar refractivity (Wildman–Crippen MR) is 115 cm³/mol. The molecule has 6 rings (SSSR count). The molecule has 6 heteroatoms. The lowest BCUT2D eigenvalue weighted by Crippen LogP contribution is -2.73. The van der Waals surface area contributed by atoms with Gasteiger partial charge >= 0.3 is 0 Å². The van der Waals surface area contributed by atoms with Gasteiger partial charge in [-0.15, -0.1) is 0 Å². The number of anilines is 1. The molecule has 2 aromatic carbocycles. The largest absolute Gasteiger partial charge is 0.326 e. The summed E-state index contributed by atoms with van der Waals surface area (Å²) in [6.07, 6.45) is 6.07. The first-order valence-electron chi connectivity index (χ1n) is 10.3. The molecule has 0 aromatic heterocycles. The second-order valence-corrected chi connectivity index (χ2v) is 10.3. The van der Waals surface area contributed by atoms with Gasteiger partial charge in [-0.05, 0) is 85.4 Å². The Bertz CT molecular complexity index is 1030. The van der Waals surface area contributed by atoms with E-state index in [0.717, 1.165) is 38.5 Å². The van der Waals surface area contributed by atoms with Gasteiger partial charge in [0, 0.05) is 17.7 Å². The third kappa shape index (κ3) is 2.91. The Morgan fingerprint density at radius 1 is 0.967 bits per heavy atom. The van der Waals surface area contributed by atoms with Gasteiger partial charge in [0.05, 0.1) is 15.5 Å². The number of hydrogen-bond acceptors (Lipinski definition) is 2. The molecule has 0 atom stereocenters. The maximum absolute atomic E-state index is 13.2. The first kappa shape index (κ1) is 20.0. The van der Waals surface area contributed by atoms with Crippen molar-refractivity contribution in [2.45, 2.75) is 44.9 Å². The summed E-state index contributed by atoms with van der Waals surface area (Å²) in [5, 5.41) is 3.83.